The number of aliphatic carboxylic acids is 1. The number of nitrogens with one attached hydrogen (secondary N) is 2. The van der Waals surface area contributed by atoms with Gasteiger partial charge in [0.25, 0.3) is 0 Å². The number of nitrogens with zero attached hydrogens (tertiary/aromatic N) is 2. The van der Waals surface area contributed by atoms with Crippen LogP contribution < -0.4 is 35.3 Å². The first-order valence-corrected chi connectivity index (χ1v) is 27.2. The van der Waals surface area contributed by atoms with Crippen LogP contribution in [0.1, 0.15) is 142 Å². The van der Waals surface area contributed by atoms with Crippen LogP contribution >= 0.6 is 0 Å². The number of carboxylic acid groups (broad SMARTS) is 1. The smallest absolute Gasteiger partial charge is 0.329 e. The molecule has 4 aliphatic heterocycles. The van der Waals surface area contributed by atoms with Crippen LogP contribution in [0.4, 0.5) is 9.59 Å². The number of Topliss-reactive ketones (excluding diaryl/α,β-unsaturated/α-hetero) is 3. The topological polar surface area (TPSA) is 275 Å². The molecule has 4 fully saturated rings. The molecular formula is C56H85N5O15. The van der Waals surface area contributed by atoms with E-state index >= 15 is 0 Å². The zero-order valence-electron chi connectivity index (χ0n) is 44.0. The number of morpholine rings is 2. The summed E-state index contributed by atoms with van der Waals surface area (Å²) < 4.78 is 31.7. The van der Waals surface area contributed by atoms with E-state index in [1.807, 2.05) is 13.8 Å². The summed E-state index contributed by atoms with van der Waals surface area (Å²) in [6.07, 6.45) is 10.5. The maximum absolute atomic E-state index is 13.8. The maximum Gasteiger partial charge on any atom is 0.329 e. The summed E-state index contributed by atoms with van der Waals surface area (Å²) in [6, 6.07) is 9.66. The number of hydrogen-bond donors (Lipinski definition) is 6. The third-order valence-electron chi connectivity index (χ3n) is 15.1. The first-order chi connectivity index (χ1) is 36.2. The van der Waals surface area contributed by atoms with Gasteiger partial charge in [0.15, 0.2) is 40.3 Å². The zero-order chi connectivity index (χ0) is 53.8. The molecule has 6 aliphatic rings. The molecule has 76 heavy (non-hydrogen) atoms. The van der Waals surface area contributed by atoms with E-state index < -0.39 is 41.2 Å². The van der Waals surface area contributed by atoms with Gasteiger partial charge in [-0.3, -0.25) is 14.4 Å². The molecule has 20 heteroatoms. The number of amides is 4. The zero-order valence-corrected chi connectivity index (χ0v) is 44.0. The van der Waals surface area contributed by atoms with Crippen molar-refractivity contribution in [1.29, 1.82) is 0 Å². The van der Waals surface area contributed by atoms with Crippen LogP contribution in [0.15, 0.2) is 36.4 Å². The number of benzene rings is 2. The van der Waals surface area contributed by atoms with E-state index in [2.05, 4.69) is 10.6 Å². The highest BCUT2D eigenvalue weighted by molar-refractivity contribution is 5.94. The first-order valence-electron chi connectivity index (χ1n) is 27.2. The molecule has 0 radical (unpaired) electrons. The van der Waals surface area contributed by atoms with Crippen molar-refractivity contribution in [2.24, 2.45) is 11.7 Å². The van der Waals surface area contributed by atoms with Crippen LogP contribution in [0, 0.1) is 5.92 Å². The van der Waals surface area contributed by atoms with Crippen molar-refractivity contribution in [1.82, 2.24) is 20.4 Å². The molecule has 7 N–H and O–H groups in total. The maximum atomic E-state index is 13.8. The summed E-state index contributed by atoms with van der Waals surface area (Å²) in [5, 5.41) is 36.2. The number of carbonyl (C=O) groups excluding carboxylic acids is 5. The Morgan fingerprint density at radius 1 is 0.605 bits per heavy atom. The first kappa shape index (κ1) is 61.3. The van der Waals surface area contributed by atoms with Crippen LogP contribution in [-0.4, -0.2) is 156 Å². The Labute approximate surface area is 448 Å². The van der Waals surface area contributed by atoms with E-state index in [-0.39, 0.29) is 69.7 Å². The predicted octanol–water partition coefficient (Wildman–Crippen LogP) is 6.26. The van der Waals surface area contributed by atoms with Gasteiger partial charge in [-0.05, 0) is 79.8 Å². The standard InChI is InChI=1S/C28H40N2O7.C15H21NO4.C12H20N2O4.CH4/c1-2-3-7-21(26(33)22(31)16-20-8-9-23-24(17-20)37-19-36-23)18-25(32)28(10-5-4-6-11-28)29-27(34)30-12-14-35-15-13-30;1-2-3-4-11(16)15(18)12(17)7-10-5-6-13-14(8-10)20-9-19-13;15-10(16)12(4-2-1-3-5-12)13-11(17)14-6-8-18-9-7-14;/h8-9,17,21,26,33H,2-7,10-16,18-19H2,1H3,(H,29,34);5-6,8,11,15,18H,2-4,7,9,16H2,1H3;1-9H2,(H,13,17)(H,15,16);1H4/t21-,26+;11-,15-;;/m10../s1. The molecule has 2 aromatic carbocycles. The van der Waals surface area contributed by atoms with E-state index in [0.717, 1.165) is 75.3 Å². The number of unbranched alkanes of at least 4 members (excludes halogenated alkanes) is 2. The van der Waals surface area contributed by atoms with E-state index in [1.54, 1.807) is 46.2 Å². The van der Waals surface area contributed by atoms with Crippen molar-refractivity contribution in [3.8, 4) is 23.0 Å². The second kappa shape index (κ2) is 30.4. The molecule has 424 valence electrons. The summed E-state index contributed by atoms with van der Waals surface area (Å²) in [5.41, 5.74) is 5.35. The van der Waals surface area contributed by atoms with Gasteiger partial charge in [0.1, 0.15) is 23.3 Å². The van der Waals surface area contributed by atoms with Crippen LogP contribution in [0.2, 0.25) is 0 Å². The molecule has 8 rings (SSSR count). The number of carbonyl (C=O) groups is 6. The molecule has 4 atom stereocenters. The molecule has 2 saturated heterocycles. The van der Waals surface area contributed by atoms with Gasteiger partial charge in [-0.1, -0.05) is 97.6 Å². The minimum Gasteiger partial charge on any atom is -0.480 e. The summed E-state index contributed by atoms with van der Waals surface area (Å²) in [7, 11) is 0. The van der Waals surface area contributed by atoms with Gasteiger partial charge >= 0.3 is 18.0 Å². The largest absolute Gasteiger partial charge is 0.480 e. The molecule has 0 unspecified atom stereocenters. The normalized spacial score (nSPS) is 19.6. The van der Waals surface area contributed by atoms with Crippen molar-refractivity contribution < 1.29 is 72.5 Å². The number of aliphatic hydroxyl groups is 2. The Morgan fingerprint density at radius 3 is 1.49 bits per heavy atom. The van der Waals surface area contributed by atoms with Crippen molar-refractivity contribution in [2.75, 3.05) is 66.2 Å². The van der Waals surface area contributed by atoms with Crippen LogP contribution in [-0.2, 0) is 41.5 Å². The molecule has 20 nitrogen and oxygen atoms in total. The average molecular weight is 1070 g/mol. The van der Waals surface area contributed by atoms with Gasteiger partial charge in [0, 0.05) is 51.5 Å². The Hall–Kier alpha value is -5.54. The van der Waals surface area contributed by atoms with Crippen molar-refractivity contribution in [3.05, 3.63) is 47.5 Å². The molecule has 0 bridgehead atoms. The average Bonchev–Trinajstić information content (AvgIpc) is 4.12. The van der Waals surface area contributed by atoms with Crippen LogP contribution in [0.25, 0.3) is 0 Å². The van der Waals surface area contributed by atoms with Crippen molar-refractivity contribution >= 4 is 35.4 Å². The van der Waals surface area contributed by atoms with Gasteiger partial charge < -0.3 is 69.9 Å². The number of nitrogens with two attached hydrogens (primary N) is 1. The van der Waals surface area contributed by atoms with E-state index in [1.165, 1.54) is 0 Å². The van der Waals surface area contributed by atoms with Gasteiger partial charge in [-0.15, -0.1) is 0 Å². The highest BCUT2D eigenvalue weighted by Crippen LogP contribution is 2.36. The number of ketones is 3. The summed E-state index contributed by atoms with van der Waals surface area (Å²) in [6.45, 7) is 8.54. The van der Waals surface area contributed by atoms with Crippen LogP contribution in [0.3, 0.4) is 0 Å². The van der Waals surface area contributed by atoms with Gasteiger partial charge in [-0.2, -0.15) is 0 Å². The minimum atomic E-state index is -1.25. The Bertz CT molecular complexity index is 2200. The highest BCUT2D eigenvalue weighted by Gasteiger charge is 2.44. The predicted molar refractivity (Wildman–Crippen MR) is 283 cm³/mol. The fourth-order valence-corrected chi connectivity index (χ4v) is 10.4. The number of urea groups is 2. The molecular weight excluding hydrogens is 983 g/mol. The van der Waals surface area contributed by atoms with Gasteiger partial charge in [-0.25, -0.2) is 14.4 Å². The molecule has 4 heterocycles. The SMILES string of the molecule is C.CCCC[C@H](CC(=O)C1(NC(=O)N2CCOCC2)CCCCC1)[C@H](O)C(=O)Cc1ccc2c(c1)OCO2.CCCC[C@H](N)[C@H](O)C(=O)Cc1ccc2c(c1)OCO2.O=C(NC1(C(=O)O)CCCCC1)N1CCOCC1. The second-order valence-electron chi connectivity index (χ2n) is 20.5. The number of ether oxygens (including phenoxy) is 6. The van der Waals surface area contributed by atoms with Crippen molar-refractivity contribution in [3.63, 3.8) is 0 Å². The third kappa shape index (κ3) is 17.2. The highest BCUT2D eigenvalue weighted by atomic mass is 16.7. The number of fused-ring (bicyclic) bond motifs is 2. The lowest BCUT2D eigenvalue weighted by atomic mass is 9.74. The number of carboxylic acids is 1. The fourth-order valence-electron chi connectivity index (χ4n) is 10.4. The number of hydrogen-bond acceptors (Lipinski definition) is 15. The van der Waals surface area contributed by atoms with E-state index in [0.29, 0.717) is 114 Å². The molecule has 2 aliphatic carbocycles. The minimum absolute atomic E-state index is 0. The Balaban J connectivity index is 0.000000230. The lowest BCUT2D eigenvalue weighted by Gasteiger charge is -2.40. The van der Waals surface area contributed by atoms with E-state index in [4.69, 9.17) is 34.2 Å². The molecule has 4 amide bonds. The Kier molecular flexibility index (Phi) is 24.5. The molecule has 2 aromatic rings. The Morgan fingerprint density at radius 2 is 1.03 bits per heavy atom. The summed E-state index contributed by atoms with van der Waals surface area (Å²) >= 11 is 0. The number of rotatable bonds is 20. The summed E-state index contributed by atoms with van der Waals surface area (Å²) in [5.74, 6) is 0.492. The second-order valence-corrected chi connectivity index (χ2v) is 20.5. The molecule has 2 saturated carbocycles. The molecule has 0 aromatic heterocycles. The third-order valence-corrected chi connectivity index (χ3v) is 15.1. The summed E-state index contributed by atoms with van der Waals surface area (Å²) in [4.78, 5) is 78.8. The quantitative estimate of drug-likeness (QED) is 0.0854. The van der Waals surface area contributed by atoms with E-state index in [9.17, 15) is 44.1 Å². The van der Waals surface area contributed by atoms with Crippen molar-refractivity contribution in [2.45, 2.75) is 173 Å². The number of aliphatic hydroxyl groups excluding tert-OH is 2. The van der Waals surface area contributed by atoms with Crippen LogP contribution in [0.5, 0.6) is 23.0 Å². The van der Waals surface area contributed by atoms with Gasteiger partial charge in [0.2, 0.25) is 13.6 Å². The monoisotopic (exact) mass is 1070 g/mol. The fraction of sp³-hybridized carbons (Fsp3) is 0.679. The lowest BCUT2D eigenvalue weighted by molar-refractivity contribution is -0.146. The van der Waals surface area contributed by atoms with Gasteiger partial charge in [0.05, 0.1) is 26.4 Å². The lowest BCUT2D eigenvalue weighted by Crippen LogP contribution is -2.60. The molecule has 0 spiro atoms.